The first-order valence-electron chi connectivity index (χ1n) is 8.54. The van der Waals surface area contributed by atoms with Gasteiger partial charge in [-0.2, -0.15) is 0 Å². The van der Waals surface area contributed by atoms with Crippen molar-refractivity contribution in [1.82, 2.24) is 9.97 Å². The second-order valence-corrected chi connectivity index (χ2v) is 7.02. The molecular formula is C19H29N5. The van der Waals surface area contributed by atoms with Crippen LogP contribution in [-0.4, -0.2) is 30.1 Å². The van der Waals surface area contributed by atoms with Gasteiger partial charge in [-0.3, -0.25) is 0 Å². The summed E-state index contributed by atoms with van der Waals surface area (Å²) in [6.45, 7) is 10.7. The molecule has 0 unspecified atom stereocenters. The first-order valence-corrected chi connectivity index (χ1v) is 8.54. The van der Waals surface area contributed by atoms with E-state index in [9.17, 15) is 0 Å². The highest BCUT2D eigenvalue weighted by molar-refractivity contribution is 5.79. The largest absolute Gasteiger partial charge is 0.393 e. The first-order chi connectivity index (χ1) is 11.4. The Hall–Kier alpha value is -2.30. The molecule has 2 rings (SSSR count). The monoisotopic (exact) mass is 327 g/mol. The van der Waals surface area contributed by atoms with Crippen LogP contribution in [0.3, 0.4) is 0 Å². The Labute approximate surface area is 145 Å². The molecule has 5 heteroatoms. The maximum absolute atomic E-state index is 6.47. The van der Waals surface area contributed by atoms with E-state index in [1.54, 1.807) is 6.33 Å². The van der Waals surface area contributed by atoms with Crippen LogP contribution in [0.15, 0.2) is 36.7 Å². The van der Waals surface area contributed by atoms with Gasteiger partial charge in [-0.1, -0.05) is 45.9 Å². The summed E-state index contributed by atoms with van der Waals surface area (Å²) in [5.41, 5.74) is 8.14. The number of hydrogen-bond donors (Lipinski definition) is 1. The molecule has 130 valence electrons. The van der Waals surface area contributed by atoms with Gasteiger partial charge in [0.15, 0.2) is 11.6 Å². The zero-order chi connectivity index (χ0) is 17.7. The summed E-state index contributed by atoms with van der Waals surface area (Å²) in [5.74, 6) is 2.63. The van der Waals surface area contributed by atoms with E-state index in [1.807, 2.05) is 42.3 Å². The number of hydrogen-bond acceptors (Lipinski definition) is 5. The van der Waals surface area contributed by atoms with E-state index >= 15 is 0 Å². The summed E-state index contributed by atoms with van der Waals surface area (Å²) < 4.78 is 0. The standard InChI is InChI=1S/C19H29N5/c1-14(2)11-24(12-15(3)4)19-17(20)18(21-13-22-19)23(5)16-9-7-6-8-10-16/h6-10,13-15H,11-12,20H2,1-5H3. The number of para-hydroxylation sites is 1. The predicted octanol–water partition coefficient (Wildman–Crippen LogP) is 3.95. The van der Waals surface area contributed by atoms with Crippen LogP contribution < -0.4 is 15.5 Å². The van der Waals surface area contributed by atoms with Gasteiger partial charge in [0.2, 0.25) is 0 Å². The fourth-order valence-corrected chi connectivity index (χ4v) is 2.80. The minimum Gasteiger partial charge on any atom is -0.393 e. The van der Waals surface area contributed by atoms with Crippen LogP contribution in [0.5, 0.6) is 0 Å². The fraction of sp³-hybridized carbons (Fsp3) is 0.474. The van der Waals surface area contributed by atoms with Gasteiger partial charge in [0, 0.05) is 25.8 Å². The molecule has 0 saturated carbocycles. The van der Waals surface area contributed by atoms with Crippen molar-refractivity contribution in [2.45, 2.75) is 27.7 Å². The molecular weight excluding hydrogens is 298 g/mol. The number of aromatic nitrogens is 2. The first kappa shape index (κ1) is 18.0. The van der Waals surface area contributed by atoms with Gasteiger partial charge in [0.1, 0.15) is 12.0 Å². The van der Waals surface area contributed by atoms with Gasteiger partial charge in [0.05, 0.1) is 0 Å². The zero-order valence-electron chi connectivity index (χ0n) is 15.4. The van der Waals surface area contributed by atoms with E-state index in [1.165, 1.54) is 0 Å². The summed E-state index contributed by atoms with van der Waals surface area (Å²) in [4.78, 5) is 13.2. The van der Waals surface area contributed by atoms with E-state index in [4.69, 9.17) is 5.73 Å². The Bertz CT molecular complexity index is 629. The minimum atomic E-state index is 0.536. The van der Waals surface area contributed by atoms with Crippen LogP contribution in [-0.2, 0) is 0 Å². The molecule has 2 N–H and O–H groups in total. The van der Waals surface area contributed by atoms with Gasteiger partial charge in [-0.25, -0.2) is 9.97 Å². The van der Waals surface area contributed by atoms with E-state index in [0.29, 0.717) is 17.5 Å². The Kier molecular flexibility index (Phi) is 6.01. The predicted molar refractivity (Wildman–Crippen MR) is 103 cm³/mol. The van der Waals surface area contributed by atoms with Crippen molar-refractivity contribution in [2.24, 2.45) is 11.8 Å². The van der Waals surface area contributed by atoms with Crippen LogP contribution in [0, 0.1) is 11.8 Å². The number of nitrogen functional groups attached to an aromatic ring is 1. The SMILES string of the molecule is CC(C)CN(CC(C)C)c1ncnc(N(C)c2ccccc2)c1N. The second kappa shape index (κ2) is 7.99. The number of rotatable bonds is 7. The van der Waals surface area contributed by atoms with Gasteiger partial charge in [-0.15, -0.1) is 0 Å². The van der Waals surface area contributed by atoms with E-state index in [-0.39, 0.29) is 0 Å². The molecule has 2 aromatic rings. The lowest BCUT2D eigenvalue weighted by Crippen LogP contribution is -2.33. The normalized spacial score (nSPS) is 11.1. The lowest BCUT2D eigenvalue weighted by atomic mass is 10.1. The summed E-state index contributed by atoms with van der Waals surface area (Å²) in [7, 11) is 1.98. The lowest BCUT2D eigenvalue weighted by Gasteiger charge is -2.30. The van der Waals surface area contributed by atoms with E-state index in [0.717, 1.165) is 30.4 Å². The van der Waals surface area contributed by atoms with E-state index < -0.39 is 0 Å². The Morgan fingerprint density at radius 2 is 1.46 bits per heavy atom. The van der Waals surface area contributed by atoms with Crippen LogP contribution in [0.1, 0.15) is 27.7 Å². The molecule has 24 heavy (non-hydrogen) atoms. The van der Waals surface area contributed by atoms with Crippen LogP contribution >= 0.6 is 0 Å². The van der Waals surface area contributed by atoms with Crippen molar-refractivity contribution in [2.75, 3.05) is 35.7 Å². The van der Waals surface area contributed by atoms with Crippen LogP contribution in [0.25, 0.3) is 0 Å². The Morgan fingerprint density at radius 1 is 0.917 bits per heavy atom. The third-order valence-corrected chi connectivity index (χ3v) is 3.77. The molecule has 0 fully saturated rings. The molecule has 1 aromatic carbocycles. The van der Waals surface area contributed by atoms with E-state index in [2.05, 4.69) is 42.6 Å². The third-order valence-electron chi connectivity index (χ3n) is 3.77. The maximum atomic E-state index is 6.47. The smallest absolute Gasteiger partial charge is 0.161 e. The summed E-state index contributed by atoms with van der Waals surface area (Å²) in [5, 5.41) is 0. The summed E-state index contributed by atoms with van der Waals surface area (Å²) in [6.07, 6.45) is 1.61. The molecule has 0 radical (unpaired) electrons. The van der Waals surface area contributed by atoms with Crippen molar-refractivity contribution in [3.8, 4) is 0 Å². The van der Waals surface area contributed by atoms with Crippen LogP contribution in [0.2, 0.25) is 0 Å². The summed E-state index contributed by atoms with van der Waals surface area (Å²) >= 11 is 0. The molecule has 1 aromatic heterocycles. The van der Waals surface area contributed by atoms with Gasteiger partial charge in [0.25, 0.3) is 0 Å². The average Bonchev–Trinajstić information content (AvgIpc) is 2.54. The van der Waals surface area contributed by atoms with Gasteiger partial charge < -0.3 is 15.5 Å². The second-order valence-electron chi connectivity index (χ2n) is 7.02. The third kappa shape index (κ3) is 4.37. The number of nitrogens with two attached hydrogens (primary N) is 1. The highest BCUT2D eigenvalue weighted by atomic mass is 15.2. The quantitative estimate of drug-likeness (QED) is 0.834. The molecule has 0 aliphatic carbocycles. The van der Waals surface area contributed by atoms with Crippen LogP contribution in [0.4, 0.5) is 23.0 Å². The maximum Gasteiger partial charge on any atom is 0.161 e. The summed E-state index contributed by atoms with van der Waals surface area (Å²) in [6, 6.07) is 10.1. The minimum absolute atomic E-state index is 0.536. The Morgan fingerprint density at radius 3 is 2.00 bits per heavy atom. The van der Waals surface area contributed by atoms with Crippen molar-refractivity contribution < 1.29 is 0 Å². The van der Waals surface area contributed by atoms with Crippen molar-refractivity contribution in [1.29, 1.82) is 0 Å². The molecule has 0 aliphatic heterocycles. The molecule has 0 aliphatic rings. The number of benzene rings is 1. The van der Waals surface area contributed by atoms with Crippen molar-refractivity contribution in [3.63, 3.8) is 0 Å². The Balaban J connectivity index is 2.38. The molecule has 0 atom stereocenters. The van der Waals surface area contributed by atoms with Crippen molar-refractivity contribution >= 4 is 23.0 Å². The number of anilines is 4. The van der Waals surface area contributed by atoms with Crippen molar-refractivity contribution in [3.05, 3.63) is 36.7 Å². The molecule has 0 spiro atoms. The molecule has 0 amide bonds. The van der Waals surface area contributed by atoms with Gasteiger partial charge >= 0.3 is 0 Å². The molecule has 0 saturated heterocycles. The molecule has 1 heterocycles. The highest BCUT2D eigenvalue weighted by Crippen LogP contribution is 2.32. The zero-order valence-corrected chi connectivity index (χ0v) is 15.4. The average molecular weight is 327 g/mol. The number of nitrogens with zero attached hydrogens (tertiary/aromatic N) is 4. The lowest BCUT2D eigenvalue weighted by molar-refractivity contribution is 0.549. The molecule has 0 bridgehead atoms. The highest BCUT2D eigenvalue weighted by Gasteiger charge is 2.19. The molecule has 5 nitrogen and oxygen atoms in total. The fourth-order valence-electron chi connectivity index (χ4n) is 2.80. The van der Waals surface area contributed by atoms with Gasteiger partial charge in [-0.05, 0) is 24.0 Å². The topological polar surface area (TPSA) is 58.3 Å².